The third-order valence-corrected chi connectivity index (χ3v) is 1.12. The number of hydrogen-bond acceptors (Lipinski definition) is 2. The Morgan fingerprint density at radius 1 is 1.89 bits per heavy atom. The minimum absolute atomic E-state index is 0.150. The van der Waals surface area contributed by atoms with Gasteiger partial charge in [0.05, 0.1) is 11.0 Å². The van der Waals surface area contributed by atoms with E-state index in [4.69, 9.17) is 10.8 Å². The highest BCUT2D eigenvalue weighted by Gasteiger charge is 2.05. The molecule has 0 aromatic heterocycles. The first-order valence-electron chi connectivity index (χ1n) is 2.33. The van der Waals surface area contributed by atoms with Crippen LogP contribution >= 0.6 is 12.2 Å². The van der Waals surface area contributed by atoms with E-state index in [0.29, 0.717) is 0 Å². The second-order valence-corrected chi connectivity index (χ2v) is 2.04. The molecule has 0 spiro atoms. The summed E-state index contributed by atoms with van der Waals surface area (Å²) in [4.78, 5) is 10.0. The molecule has 9 heavy (non-hydrogen) atoms. The van der Waals surface area contributed by atoms with Crippen LogP contribution in [0, 0.1) is 0 Å². The maximum atomic E-state index is 9.89. The molecule has 4 nitrogen and oxygen atoms in total. The summed E-state index contributed by atoms with van der Waals surface area (Å²) in [6, 6.07) is -0.447. The number of amides is 1. The molecule has 0 aromatic carbocycles. The van der Waals surface area contributed by atoms with Crippen LogP contribution < -0.4 is 11.1 Å². The highest BCUT2D eigenvalue weighted by atomic mass is 32.1. The van der Waals surface area contributed by atoms with Crippen LogP contribution in [0.2, 0.25) is 0 Å². The molecule has 0 aliphatic rings. The molecule has 1 unspecified atom stereocenters. The molecule has 0 fully saturated rings. The van der Waals surface area contributed by atoms with Crippen LogP contribution in [-0.2, 0) is 0 Å². The van der Waals surface area contributed by atoms with Crippen LogP contribution in [-0.4, -0.2) is 22.2 Å². The van der Waals surface area contributed by atoms with Crippen LogP contribution in [0.1, 0.15) is 6.92 Å². The number of thiocarbonyl (C=S) groups is 1. The fraction of sp³-hybridized carbons (Fsp3) is 0.500. The summed E-state index contributed by atoms with van der Waals surface area (Å²) >= 11 is 4.49. The van der Waals surface area contributed by atoms with Gasteiger partial charge >= 0.3 is 6.09 Å². The minimum atomic E-state index is -1.12. The minimum Gasteiger partial charge on any atom is -0.465 e. The SMILES string of the molecule is CC(NC(=O)O)C(N)=S. The standard InChI is InChI=1S/C4H8N2O2S/c1-2(3(5)9)6-4(7)8/h2,6H,1H3,(H2,5,9)(H,7,8). The molecular formula is C4H8N2O2S. The maximum Gasteiger partial charge on any atom is 0.405 e. The predicted octanol–water partition coefficient (Wildman–Crippen LogP) is -0.0714. The summed E-state index contributed by atoms with van der Waals surface area (Å²) in [6.07, 6.45) is -1.12. The van der Waals surface area contributed by atoms with Gasteiger partial charge in [-0.3, -0.25) is 0 Å². The average Bonchev–Trinajstić information content (AvgIpc) is 1.63. The van der Waals surface area contributed by atoms with Crippen LogP contribution in [0.3, 0.4) is 0 Å². The molecule has 1 amide bonds. The molecule has 0 saturated carbocycles. The molecule has 0 aliphatic carbocycles. The van der Waals surface area contributed by atoms with Crippen molar-refractivity contribution in [3.63, 3.8) is 0 Å². The molecule has 1 atom stereocenters. The van der Waals surface area contributed by atoms with E-state index in [1.165, 1.54) is 0 Å². The number of carbonyl (C=O) groups is 1. The highest BCUT2D eigenvalue weighted by molar-refractivity contribution is 7.80. The van der Waals surface area contributed by atoms with Gasteiger partial charge in [0, 0.05) is 0 Å². The normalized spacial score (nSPS) is 12.1. The number of nitrogens with two attached hydrogens (primary N) is 1. The summed E-state index contributed by atoms with van der Waals surface area (Å²) < 4.78 is 0. The zero-order valence-electron chi connectivity index (χ0n) is 4.92. The zero-order chi connectivity index (χ0) is 7.44. The van der Waals surface area contributed by atoms with Crippen LogP contribution in [0.5, 0.6) is 0 Å². The maximum absolute atomic E-state index is 9.89. The van der Waals surface area contributed by atoms with Crippen molar-refractivity contribution in [1.29, 1.82) is 0 Å². The summed E-state index contributed by atoms with van der Waals surface area (Å²) in [5, 5.41) is 10.2. The zero-order valence-corrected chi connectivity index (χ0v) is 5.73. The Hall–Kier alpha value is -0.840. The Morgan fingerprint density at radius 3 is 2.44 bits per heavy atom. The largest absolute Gasteiger partial charge is 0.465 e. The number of hydrogen-bond donors (Lipinski definition) is 3. The molecule has 0 saturated heterocycles. The molecule has 0 heterocycles. The molecule has 0 aliphatic heterocycles. The van der Waals surface area contributed by atoms with E-state index >= 15 is 0 Å². The van der Waals surface area contributed by atoms with E-state index in [-0.39, 0.29) is 4.99 Å². The first-order chi connectivity index (χ1) is 4.04. The van der Waals surface area contributed by atoms with Gasteiger partial charge < -0.3 is 16.2 Å². The van der Waals surface area contributed by atoms with Gasteiger partial charge in [0.2, 0.25) is 0 Å². The quantitative estimate of drug-likeness (QED) is 0.479. The number of rotatable bonds is 2. The third kappa shape index (κ3) is 3.72. The topological polar surface area (TPSA) is 75.3 Å². The van der Waals surface area contributed by atoms with Crippen molar-refractivity contribution in [1.82, 2.24) is 5.32 Å². The lowest BCUT2D eigenvalue weighted by Crippen LogP contribution is -2.40. The molecular weight excluding hydrogens is 140 g/mol. The lowest BCUT2D eigenvalue weighted by molar-refractivity contribution is 0.193. The second-order valence-electron chi connectivity index (χ2n) is 1.57. The molecule has 0 radical (unpaired) electrons. The van der Waals surface area contributed by atoms with Gasteiger partial charge in [0.25, 0.3) is 0 Å². The van der Waals surface area contributed by atoms with Crippen molar-refractivity contribution in [2.24, 2.45) is 5.73 Å². The van der Waals surface area contributed by atoms with Gasteiger partial charge in [0.15, 0.2) is 0 Å². The molecule has 5 heteroatoms. The fourth-order valence-corrected chi connectivity index (χ4v) is 0.315. The van der Waals surface area contributed by atoms with Crippen molar-refractivity contribution in [3.8, 4) is 0 Å². The van der Waals surface area contributed by atoms with E-state index in [1.54, 1.807) is 6.92 Å². The average molecular weight is 148 g/mol. The molecule has 0 aromatic rings. The molecule has 0 bridgehead atoms. The van der Waals surface area contributed by atoms with Crippen LogP contribution in [0.15, 0.2) is 0 Å². The van der Waals surface area contributed by atoms with Gasteiger partial charge in [-0.1, -0.05) is 12.2 Å². The van der Waals surface area contributed by atoms with Gasteiger partial charge in [-0.15, -0.1) is 0 Å². The van der Waals surface area contributed by atoms with Crippen molar-refractivity contribution in [2.45, 2.75) is 13.0 Å². The smallest absolute Gasteiger partial charge is 0.405 e. The van der Waals surface area contributed by atoms with Gasteiger partial charge in [-0.05, 0) is 6.92 Å². The van der Waals surface area contributed by atoms with Crippen LogP contribution in [0.4, 0.5) is 4.79 Å². The molecule has 0 rings (SSSR count). The van der Waals surface area contributed by atoms with Gasteiger partial charge in [-0.25, -0.2) is 4.79 Å². The summed E-state index contributed by atoms with van der Waals surface area (Å²) in [5.41, 5.74) is 5.09. The van der Waals surface area contributed by atoms with Gasteiger partial charge in [-0.2, -0.15) is 0 Å². The monoisotopic (exact) mass is 148 g/mol. The first kappa shape index (κ1) is 8.16. The van der Waals surface area contributed by atoms with Crippen molar-refractivity contribution < 1.29 is 9.90 Å². The summed E-state index contributed by atoms with van der Waals surface area (Å²) in [5.74, 6) is 0. The van der Waals surface area contributed by atoms with Crippen molar-refractivity contribution in [3.05, 3.63) is 0 Å². The lowest BCUT2D eigenvalue weighted by atomic mass is 10.3. The Morgan fingerprint density at radius 2 is 2.33 bits per heavy atom. The third-order valence-electron chi connectivity index (χ3n) is 0.767. The van der Waals surface area contributed by atoms with Crippen molar-refractivity contribution >= 4 is 23.3 Å². The molecule has 52 valence electrons. The summed E-state index contributed by atoms with van der Waals surface area (Å²) in [7, 11) is 0. The highest BCUT2D eigenvalue weighted by Crippen LogP contribution is 1.79. The van der Waals surface area contributed by atoms with E-state index < -0.39 is 12.1 Å². The van der Waals surface area contributed by atoms with E-state index in [9.17, 15) is 4.79 Å². The Kier molecular flexibility index (Phi) is 2.94. The molecule has 4 N–H and O–H groups in total. The van der Waals surface area contributed by atoms with E-state index in [1.807, 2.05) is 0 Å². The Labute approximate surface area is 58.0 Å². The first-order valence-corrected chi connectivity index (χ1v) is 2.73. The Bertz CT molecular complexity index is 137. The van der Waals surface area contributed by atoms with E-state index in [2.05, 4.69) is 17.5 Å². The number of nitrogens with one attached hydrogen (secondary N) is 1. The van der Waals surface area contributed by atoms with Crippen molar-refractivity contribution in [2.75, 3.05) is 0 Å². The Balaban J connectivity index is 3.63. The number of carboxylic acid groups (broad SMARTS) is 1. The second kappa shape index (κ2) is 3.24. The lowest BCUT2D eigenvalue weighted by Gasteiger charge is -2.07. The van der Waals surface area contributed by atoms with E-state index in [0.717, 1.165) is 0 Å². The van der Waals surface area contributed by atoms with Gasteiger partial charge in [0.1, 0.15) is 0 Å². The van der Waals surface area contributed by atoms with Crippen LogP contribution in [0.25, 0.3) is 0 Å². The predicted molar refractivity (Wildman–Crippen MR) is 37.4 cm³/mol. The summed E-state index contributed by atoms with van der Waals surface area (Å²) in [6.45, 7) is 1.58. The fourth-order valence-electron chi connectivity index (χ4n) is 0.256.